The molecule has 0 spiro atoms. The average molecular weight is 388 g/mol. The third kappa shape index (κ3) is 4.98. The number of carbonyl (C=O) groups excluding carboxylic acids is 1. The molecule has 1 unspecified atom stereocenters. The van der Waals surface area contributed by atoms with Gasteiger partial charge in [-0.2, -0.15) is 11.8 Å². The van der Waals surface area contributed by atoms with Gasteiger partial charge in [-0.15, -0.1) is 10.2 Å². The van der Waals surface area contributed by atoms with Gasteiger partial charge in [0.2, 0.25) is 5.91 Å². The molecule has 8 heteroatoms. The zero-order valence-corrected chi connectivity index (χ0v) is 16.2. The summed E-state index contributed by atoms with van der Waals surface area (Å²) >= 11 is 3.17. The Kier molecular flexibility index (Phi) is 6.90. The minimum Gasteiger partial charge on any atom is -0.349 e. The van der Waals surface area contributed by atoms with Crippen LogP contribution in [0.15, 0.2) is 53.9 Å². The fraction of sp³-hybridized carbons (Fsp3) is 0.333. The molecule has 1 N–H and O–H groups in total. The Balaban J connectivity index is 1.67. The van der Waals surface area contributed by atoms with Crippen LogP contribution in [0.25, 0.3) is 11.5 Å². The lowest BCUT2D eigenvalue weighted by molar-refractivity contribution is -0.118. The highest BCUT2D eigenvalue weighted by Gasteiger charge is 2.17. The Bertz CT molecular complexity index is 788. The maximum atomic E-state index is 12.2. The molecule has 26 heavy (non-hydrogen) atoms. The van der Waals surface area contributed by atoms with Gasteiger partial charge in [0.1, 0.15) is 5.69 Å². The second kappa shape index (κ2) is 9.59. The summed E-state index contributed by atoms with van der Waals surface area (Å²) in [5, 5.41) is 12.3. The zero-order chi connectivity index (χ0) is 18.2. The van der Waals surface area contributed by atoms with Gasteiger partial charge in [-0.1, -0.05) is 42.1 Å². The van der Waals surface area contributed by atoms with E-state index in [1.54, 1.807) is 18.0 Å². The van der Waals surface area contributed by atoms with Crippen molar-refractivity contribution in [2.24, 2.45) is 0 Å². The molecule has 0 aromatic carbocycles. The van der Waals surface area contributed by atoms with Crippen LogP contribution in [0.1, 0.15) is 6.42 Å². The Labute approximate surface area is 161 Å². The second-order valence-electron chi connectivity index (χ2n) is 5.68. The Hall–Kier alpha value is -2.06. The van der Waals surface area contributed by atoms with Crippen molar-refractivity contribution in [3.63, 3.8) is 0 Å². The summed E-state index contributed by atoms with van der Waals surface area (Å²) < 4.78 is 2.04. The van der Waals surface area contributed by atoms with Crippen molar-refractivity contribution in [2.45, 2.75) is 24.2 Å². The Morgan fingerprint density at radius 3 is 3.00 bits per heavy atom. The number of aromatic nitrogens is 4. The van der Waals surface area contributed by atoms with E-state index in [9.17, 15) is 4.79 Å². The lowest BCUT2D eigenvalue weighted by atomic mass is 10.1. The number of nitrogens with zero attached hydrogens (tertiary/aromatic N) is 4. The van der Waals surface area contributed by atoms with Crippen LogP contribution in [-0.2, 0) is 11.3 Å². The summed E-state index contributed by atoms with van der Waals surface area (Å²) in [6, 6.07) is 5.80. The Morgan fingerprint density at radius 1 is 1.35 bits per heavy atom. The first-order valence-electron chi connectivity index (χ1n) is 8.37. The normalized spacial score (nSPS) is 16.0. The van der Waals surface area contributed by atoms with E-state index in [0.717, 1.165) is 35.4 Å². The minimum absolute atomic E-state index is 0.00115. The van der Waals surface area contributed by atoms with E-state index in [-0.39, 0.29) is 11.9 Å². The highest BCUT2D eigenvalue weighted by atomic mass is 32.2. The number of allylic oxidation sites excluding steroid dienone is 2. The van der Waals surface area contributed by atoms with Crippen molar-refractivity contribution in [2.75, 3.05) is 17.8 Å². The zero-order valence-electron chi connectivity index (χ0n) is 14.5. The van der Waals surface area contributed by atoms with E-state index in [4.69, 9.17) is 0 Å². The van der Waals surface area contributed by atoms with E-state index in [1.807, 2.05) is 41.0 Å². The molecule has 0 bridgehead atoms. The Morgan fingerprint density at radius 2 is 2.27 bits per heavy atom. The van der Waals surface area contributed by atoms with Crippen LogP contribution in [-0.4, -0.2) is 49.5 Å². The first kappa shape index (κ1) is 18.7. The van der Waals surface area contributed by atoms with Gasteiger partial charge in [0, 0.05) is 18.5 Å². The number of thioether (sulfide) groups is 2. The maximum Gasteiger partial charge on any atom is 0.230 e. The highest BCUT2D eigenvalue weighted by molar-refractivity contribution is 7.99. The van der Waals surface area contributed by atoms with Gasteiger partial charge in [-0.3, -0.25) is 14.3 Å². The van der Waals surface area contributed by atoms with E-state index in [2.05, 4.69) is 32.8 Å². The second-order valence-corrected chi connectivity index (χ2v) is 7.61. The molecule has 1 aliphatic rings. The summed E-state index contributed by atoms with van der Waals surface area (Å²) in [6.07, 6.45) is 12.6. The van der Waals surface area contributed by atoms with E-state index in [1.165, 1.54) is 11.8 Å². The summed E-state index contributed by atoms with van der Waals surface area (Å²) in [6.45, 7) is 0.778. The van der Waals surface area contributed by atoms with Gasteiger partial charge in [0.05, 0.1) is 11.8 Å². The summed E-state index contributed by atoms with van der Waals surface area (Å²) in [4.78, 5) is 16.6. The molecule has 6 nitrogen and oxygen atoms in total. The molecule has 0 saturated carbocycles. The molecule has 3 rings (SSSR count). The molecule has 0 aliphatic heterocycles. The molecule has 2 aromatic rings. The molecule has 1 atom stereocenters. The largest absolute Gasteiger partial charge is 0.349 e. The van der Waals surface area contributed by atoms with Gasteiger partial charge in [-0.25, -0.2) is 0 Å². The average Bonchev–Trinajstić information content (AvgIpc) is 3.09. The van der Waals surface area contributed by atoms with E-state index in [0.29, 0.717) is 5.75 Å². The quantitative estimate of drug-likeness (QED) is 0.702. The van der Waals surface area contributed by atoms with Crippen LogP contribution in [0.4, 0.5) is 0 Å². The number of hydrogen-bond acceptors (Lipinski definition) is 6. The summed E-state index contributed by atoms with van der Waals surface area (Å²) in [5.74, 6) is 1.99. The summed E-state index contributed by atoms with van der Waals surface area (Å²) in [7, 11) is 0. The fourth-order valence-corrected chi connectivity index (χ4v) is 3.67. The van der Waals surface area contributed by atoms with E-state index >= 15 is 0 Å². The number of rotatable bonds is 8. The van der Waals surface area contributed by atoms with Crippen molar-refractivity contribution >= 4 is 29.4 Å². The van der Waals surface area contributed by atoms with Crippen LogP contribution >= 0.6 is 23.5 Å². The van der Waals surface area contributed by atoms with Crippen molar-refractivity contribution in [3.8, 4) is 11.5 Å². The molecule has 2 aromatic heterocycles. The molecule has 136 valence electrons. The van der Waals surface area contributed by atoms with Gasteiger partial charge < -0.3 is 5.32 Å². The first-order valence-corrected chi connectivity index (χ1v) is 10.7. The number of pyridine rings is 1. The molecular formula is C18H21N5OS2. The number of amides is 1. The lowest BCUT2D eigenvalue weighted by Gasteiger charge is -2.15. The van der Waals surface area contributed by atoms with Gasteiger partial charge >= 0.3 is 0 Å². The molecule has 0 radical (unpaired) electrons. The molecule has 0 fully saturated rings. The smallest absolute Gasteiger partial charge is 0.230 e. The number of nitrogens with one attached hydrogen (secondary N) is 1. The van der Waals surface area contributed by atoms with Crippen molar-refractivity contribution in [1.82, 2.24) is 25.1 Å². The standard InChI is InChI=1S/C18H21N5OS2/c1-25-12-11-23-17(15-9-5-6-10-19-15)21-22-18(23)26-13-16(24)20-14-7-3-2-4-8-14/h2-7,9-10,14H,8,11-13H2,1H3,(H,20,24). The predicted octanol–water partition coefficient (Wildman–Crippen LogP) is 2.80. The molecular weight excluding hydrogens is 366 g/mol. The van der Waals surface area contributed by atoms with Gasteiger partial charge in [-0.05, 0) is 24.8 Å². The molecule has 1 aliphatic carbocycles. The first-order chi connectivity index (χ1) is 12.8. The lowest BCUT2D eigenvalue weighted by Crippen LogP contribution is -2.34. The third-order valence-corrected chi connectivity index (χ3v) is 5.35. The van der Waals surface area contributed by atoms with Crippen LogP contribution in [0.3, 0.4) is 0 Å². The van der Waals surface area contributed by atoms with Gasteiger partial charge in [0.25, 0.3) is 0 Å². The highest BCUT2D eigenvalue weighted by Crippen LogP contribution is 2.23. The topological polar surface area (TPSA) is 72.7 Å². The third-order valence-electron chi connectivity index (χ3n) is 3.79. The fourth-order valence-electron chi connectivity index (χ4n) is 2.53. The monoisotopic (exact) mass is 387 g/mol. The van der Waals surface area contributed by atoms with Crippen LogP contribution in [0.5, 0.6) is 0 Å². The van der Waals surface area contributed by atoms with E-state index < -0.39 is 0 Å². The predicted molar refractivity (Wildman–Crippen MR) is 107 cm³/mol. The van der Waals surface area contributed by atoms with Gasteiger partial charge in [0.15, 0.2) is 11.0 Å². The SMILES string of the molecule is CSCCn1c(SCC(=O)NC2C=CC=CC2)nnc1-c1ccccn1. The van der Waals surface area contributed by atoms with Crippen molar-refractivity contribution in [3.05, 3.63) is 48.7 Å². The maximum absolute atomic E-state index is 12.2. The number of carbonyl (C=O) groups is 1. The molecule has 2 heterocycles. The molecule has 1 amide bonds. The van der Waals surface area contributed by atoms with Crippen LogP contribution in [0.2, 0.25) is 0 Å². The number of hydrogen-bond donors (Lipinski definition) is 1. The summed E-state index contributed by atoms with van der Waals surface area (Å²) in [5.41, 5.74) is 0.788. The van der Waals surface area contributed by atoms with Crippen molar-refractivity contribution < 1.29 is 4.79 Å². The van der Waals surface area contributed by atoms with Crippen LogP contribution in [0, 0.1) is 0 Å². The minimum atomic E-state index is -0.00115. The molecule has 0 saturated heterocycles. The van der Waals surface area contributed by atoms with Crippen molar-refractivity contribution in [1.29, 1.82) is 0 Å². The van der Waals surface area contributed by atoms with Crippen LogP contribution < -0.4 is 5.32 Å².